The van der Waals surface area contributed by atoms with Crippen molar-refractivity contribution in [1.82, 2.24) is 24.9 Å². The van der Waals surface area contributed by atoms with Crippen LogP contribution in [0.1, 0.15) is 181 Å². The third-order valence-electron chi connectivity index (χ3n) is 14.6. The topological polar surface area (TPSA) is 70.2 Å². The molecule has 4 aromatic heterocycles. The molecule has 72 heavy (non-hydrogen) atoms. The van der Waals surface area contributed by atoms with Gasteiger partial charge in [0.1, 0.15) is 0 Å². The Balaban J connectivity index is 1.52. The second-order valence-corrected chi connectivity index (χ2v) is 26.6. The van der Waals surface area contributed by atoms with Crippen molar-refractivity contribution in [3.8, 4) is 44.5 Å². The average Bonchev–Trinajstić information content (AvgIpc) is 4.13. The first-order valence-corrected chi connectivity index (χ1v) is 26.0. The molecule has 0 fully saturated rings. The molecular weight excluding hydrogens is 875 g/mol. The second kappa shape index (κ2) is 17.6. The average molecular weight is 952 g/mol. The second-order valence-electron chi connectivity index (χ2n) is 26.6. The SMILES string of the molecule is CC(C)(C)c1cc(-c2c3nc(c(-c4cc(C(C)(C)C)cc(C(C)(C)C)c4)c4ccc([nH]4)c(-c4cc(C(C)(C)C)cc(C(C)(C)C)c4)c4nc(c(-c5cccnc5)c5ccc2[nH]5)C=C4)C=C3)cc(C(C)(C)C)c1. The van der Waals surface area contributed by atoms with Crippen LogP contribution in [0.3, 0.4) is 0 Å². The summed E-state index contributed by atoms with van der Waals surface area (Å²) < 4.78 is 0. The molecule has 0 spiro atoms. The summed E-state index contributed by atoms with van der Waals surface area (Å²) in [5.41, 5.74) is 23.2. The fraction of sp³-hybridized carbons (Fsp3) is 0.358. The Morgan fingerprint density at radius 1 is 0.306 bits per heavy atom. The number of nitrogens with one attached hydrogen (secondary N) is 2. The van der Waals surface area contributed by atoms with Crippen LogP contribution < -0.4 is 0 Å². The van der Waals surface area contributed by atoms with Crippen molar-refractivity contribution in [2.75, 3.05) is 0 Å². The summed E-state index contributed by atoms with van der Waals surface area (Å²) in [6.07, 6.45) is 12.6. The van der Waals surface area contributed by atoms with E-state index in [1.807, 2.05) is 18.5 Å². The van der Waals surface area contributed by atoms with Gasteiger partial charge in [-0.1, -0.05) is 185 Å². The molecule has 9 rings (SSSR count). The van der Waals surface area contributed by atoms with Gasteiger partial charge in [-0.25, -0.2) is 9.97 Å². The van der Waals surface area contributed by atoms with Gasteiger partial charge >= 0.3 is 0 Å². The van der Waals surface area contributed by atoms with Crippen LogP contribution in [0, 0.1) is 0 Å². The van der Waals surface area contributed by atoms with Gasteiger partial charge in [-0.05, 0) is 137 Å². The highest BCUT2D eigenvalue weighted by Crippen LogP contribution is 2.43. The van der Waals surface area contributed by atoms with Gasteiger partial charge in [-0.2, -0.15) is 0 Å². The van der Waals surface area contributed by atoms with E-state index in [4.69, 9.17) is 9.97 Å². The summed E-state index contributed by atoms with van der Waals surface area (Å²) >= 11 is 0. The van der Waals surface area contributed by atoms with Crippen LogP contribution in [0.5, 0.6) is 0 Å². The van der Waals surface area contributed by atoms with Crippen LogP contribution in [0.25, 0.3) is 90.9 Å². The van der Waals surface area contributed by atoms with Crippen molar-refractivity contribution < 1.29 is 0 Å². The monoisotopic (exact) mass is 952 g/mol. The van der Waals surface area contributed by atoms with Gasteiger partial charge < -0.3 is 9.97 Å². The summed E-state index contributed by atoms with van der Waals surface area (Å²) in [6.45, 7) is 41.6. The van der Waals surface area contributed by atoms with E-state index in [2.05, 4.69) is 249 Å². The number of hydrogen-bond acceptors (Lipinski definition) is 3. The molecule has 0 unspecified atom stereocenters. The molecule has 2 aliphatic rings. The number of fused-ring (bicyclic) bond motifs is 8. The van der Waals surface area contributed by atoms with Crippen molar-refractivity contribution >= 4 is 46.4 Å². The molecule has 370 valence electrons. The Morgan fingerprint density at radius 2 is 0.556 bits per heavy atom. The first-order chi connectivity index (χ1) is 33.4. The minimum atomic E-state index is -0.0912. The summed E-state index contributed by atoms with van der Waals surface area (Å²) in [5, 5.41) is 0. The predicted molar refractivity (Wildman–Crippen MR) is 311 cm³/mol. The highest BCUT2D eigenvalue weighted by Gasteiger charge is 2.28. The van der Waals surface area contributed by atoms with E-state index in [1.165, 1.54) is 33.4 Å². The zero-order valence-electron chi connectivity index (χ0n) is 46.5. The molecule has 2 N–H and O–H groups in total. The molecule has 5 nitrogen and oxygen atoms in total. The maximum Gasteiger partial charge on any atom is 0.0737 e. The van der Waals surface area contributed by atoms with Crippen LogP contribution in [-0.4, -0.2) is 24.9 Å². The number of nitrogens with zero attached hydrogens (tertiary/aromatic N) is 3. The van der Waals surface area contributed by atoms with Crippen molar-refractivity contribution in [3.63, 3.8) is 0 Å². The van der Waals surface area contributed by atoms with Crippen LogP contribution in [0.2, 0.25) is 0 Å². The standard InChI is InChI=1S/C67H77N5/c1-62(2,3)44-30-41(31-45(36-44)63(4,5)6)59-52-23-21-50(69-52)58(40-20-19-29-68-39-40)51-22-24-53(70-51)60(42-32-46(64(7,8)9)37-47(33-42)65(10,11)12)55-26-28-57(72-55)61(56-27-25-54(59)71-56)43-34-48(66(13,14)15)38-49(35-43)67(16,17)18/h19-39,69,72H,1-18H3. The molecule has 0 amide bonds. The smallest absolute Gasteiger partial charge is 0.0737 e. The molecule has 0 atom stereocenters. The van der Waals surface area contributed by atoms with E-state index < -0.39 is 0 Å². The van der Waals surface area contributed by atoms with Crippen LogP contribution in [0.4, 0.5) is 0 Å². The number of aromatic nitrogens is 5. The van der Waals surface area contributed by atoms with Gasteiger partial charge in [0.25, 0.3) is 0 Å². The molecule has 7 aromatic rings. The molecule has 0 saturated carbocycles. The number of H-pyrrole nitrogens is 2. The Hall–Kier alpha value is -6.59. The molecule has 0 aliphatic carbocycles. The first kappa shape index (κ1) is 50.4. The minimum absolute atomic E-state index is 0.0871. The molecule has 0 saturated heterocycles. The lowest BCUT2D eigenvalue weighted by atomic mass is 9.78. The summed E-state index contributed by atoms with van der Waals surface area (Å²) in [7, 11) is 0. The normalized spacial score (nSPS) is 13.6. The highest BCUT2D eigenvalue weighted by atomic mass is 14.8. The van der Waals surface area contributed by atoms with Crippen molar-refractivity contribution in [1.29, 1.82) is 0 Å². The fourth-order valence-corrected chi connectivity index (χ4v) is 9.84. The summed E-state index contributed by atoms with van der Waals surface area (Å²) in [4.78, 5) is 24.1. The Bertz CT molecular complexity index is 3320. The molecule has 8 bridgehead atoms. The van der Waals surface area contributed by atoms with Crippen LogP contribution in [0.15, 0.2) is 103 Å². The number of rotatable bonds is 4. The third-order valence-corrected chi connectivity index (χ3v) is 14.6. The number of pyridine rings is 1. The van der Waals surface area contributed by atoms with Gasteiger partial charge in [0.05, 0.1) is 22.8 Å². The van der Waals surface area contributed by atoms with Gasteiger partial charge in [0.15, 0.2) is 0 Å². The van der Waals surface area contributed by atoms with E-state index in [0.717, 1.165) is 89.4 Å². The summed E-state index contributed by atoms with van der Waals surface area (Å²) in [5.74, 6) is 0. The van der Waals surface area contributed by atoms with Crippen LogP contribution in [-0.2, 0) is 32.5 Å². The number of hydrogen-bond donors (Lipinski definition) is 2. The van der Waals surface area contributed by atoms with E-state index in [-0.39, 0.29) is 32.5 Å². The van der Waals surface area contributed by atoms with Crippen molar-refractivity contribution in [2.24, 2.45) is 0 Å². The summed E-state index contributed by atoms with van der Waals surface area (Å²) in [6, 6.07) is 34.6. The Labute approximate surface area is 430 Å². The fourth-order valence-electron chi connectivity index (χ4n) is 9.84. The Kier molecular flexibility index (Phi) is 12.3. The lowest BCUT2D eigenvalue weighted by Gasteiger charge is -2.26. The zero-order valence-corrected chi connectivity index (χ0v) is 46.5. The highest BCUT2D eigenvalue weighted by molar-refractivity contribution is 6.00. The van der Waals surface area contributed by atoms with Crippen molar-refractivity contribution in [2.45, 2.75) is 157 Å². The van der Waals surface area contributed by atoms with E-state index in [1.54, 1.807) is 0 Å². The van der Waals surface area contributed by atoms with Gasteiger partial charge in [-0.3, -0.25) is 4.98 Å². The first-order valence-electron chi connectivity index (χ1n) is 26.0. The molecule has 5 heteroatoms. The van der Waals surface area contributed by atoms with E-state index >= 15 is 0 Å². The zero-order chi connectivity index (χ0) is 52.1. The molecule has 2 aliphatic heterocycles. The number of aromatic amines is 2. The maximum absolute atomic E-state index is 5.78. The molecule has 6 heterocycles. The van der Waals surface area contributed by atoms with Crippen molar-refractivity contribution in [3.05, 3.63) is 160 Å². The van der Waals surface area contributed by atoms with E-state index in [9.17, 15) is 0 Å². The molecule has 0 radical (unpaired) electrons. The van der Waals surface area contributed by atoms with Gasteiger partial charge in [-0.15, -0.1) is 0 Å². The lowest BCUT2D eigenvalue weighted by Crippen LogP contribution is -2.16. The molecule has 3 aromatic carbocycles. The maximum atomic E-state index is 5.78. The largest absolute Gasteiger partial charge is 0.354 e. The van der Waals surface area contributed by atoms with Crippen LogP contribution >= 0.6 is 0 Å². The van der Waals surface area contributed by atoms with Gasteiger partial charge in [0, 0.05) is 62.3 Å². The Morgan fingerprint density at radius 3 is 0.778 bits per heavy atom. The minimum Gasteiger partial charge on any atom is -0.354 e. The molecular formula is C67H77N5. The van der Waals surface area contributed by atoms with Gasteiger partial charge in [0.2, 0.25) is 0 Å². The number of benzene rings is 3. The lowest BCUT2D eigenvalue weighted by molar-refractivity contribution is 0.568. The third kappa shape index (κ3) is 9.97. The van der Waals surface area contributed by atoms with E-state index in [0.29, 0.717) is 0 Å². The quantitative estimate of drug-likeness (QED) is 0.185. The predicted octanol–water partition coefficient (Wildman–Crippen LogP) is 18.5.